The molecule has 0 fully saturated rings. The lowest BCUT2D eigenvalue weighted by Crippen LogP contribution is -2.14. The van der Waals surface area contributed by atoms with Crippen molar-refractivity contribution in [3.63, 3.8) is 0 Å². The van der Waals surface area contributed by atoms with Crippen molar-refractivity contribution in [3.8, 4) is 0 Å². The molecule has 0 unspecified atom stereocenters. The molecule has 4 aromatic rings. The van der Waals surface area contributed by atoms with Crippen molar-refractivity contribution in [2.45, 2.75) is 11.6 Å². The van der Waals surface area contributed by atoms with Gasteiger partial charge >= 0.3 is 0 Å². The molecule has 29 heavy (non-hydrogen) atoms. The number of fused-ring (bicyclic) bond motifs is 1. The zero-order valence-electron chi connectivity index (χ0n) is 15.0. The van der Waals surface area contributed by atoms with Gasteiger partial charge in [0.25, 0.3) is 0 Å². The second-order valence-corrected chi connectivity index (χ2v) is 8.04. The van der Waals surface area contributed by atoms with E-state index in [1.165, 1.54) is 18.1 Å². The van der Waals surface area contributed by atoms with E-state index >= 15 is 0 Å². The molecule has 0 bridgehead atoms. The Labute approximate surface area is 181 Å². The first-order valence-corrected chi connectivity index (χ1v) is 10.4. The minimum absolute atomic E-state index is 0.181. The molecule has 2 aromatic carbocycles. The monoisotopic (exact) mass is 443 g/mol. The number of hydrogen-bond acceptors (Lipinski definition) is 5. The van der Waals surface area contributed by atoms with E-state index in [0.717, 1.165) is 16.6 Å². The molecule has 6 nitrogen and oxygen atoms in total. The fourth-order valence-corrected chi connectivity index (χ4v) is 4.10. The van der Waals surface area contributed by atoms with Crippen LogP contribution in [0.5, 0.6) is 0 Å². The lowest BCUT2D eigenvalue weighted by Gasteiger charge is -2.07. The summed E-state index contributed by atoms with van der Waals surface area (Å²) in [7, 11) is 0. The van der Waals surface area contributed by atoms with Crippen LogP contribution >= 0.6 is 35.0 Å². The fourth-order valence-electron chi connectivity index (χ4n) is 2.82. The summed E-state index contributed by atoms with van der Waals surface area (Å²) in [5.41, 5.74) is 2.41. The third-order valence-corrected chi connectivity index (χ3v) is 5.50. The molecule has 0 radical (unpaired) electrons. The summed E-state index contributed by atoms with van der Waals surface area (Å²) in [5, 5.41) is 9.66. The van der Waals surface area contributed by atoms with Gasteiger partial charge in [-0.15, -0.1) is 0 Å². The van der Waals surface area contributed by atoms with Gasteiger partial charge in [0.15, 0.2) is 5.65 Å². The predicted molar refractivity (Wildman–Crippen MR) is 117 cm³/mol. The summed E-state index contributed by atoms with van der Waals surface area (Å²) in [6.45, 7) is 0.613. The highest BCUT2D eigenvalue weighted by Crippen LogP contribution is 2.26. The molecule has 0 saturated carbocycles. The van der Waals surface area contributed by atoms with E-state index in [0.29, 0.717) is 27.3 Å². The minimum Gasteiger partial charge on any atom is -0.325 e. The van der Waals surface area contributed by atoms with Crippen molar-refractivity contribution in [2.75, 3.05) is 11.1 Å². The van der Waals surface area contributed by atoms with Crippen molar-refractivity contribution >= 4 is 57.6 Å². The number of halogens is 2. The molecular weight excluding hydrogens is 429 g/mol. The Morgan fingerprint density at radius 1 is 1.07 bits per heavy atom. The average molecular weight is 444 g/mol. The standard InChI is InChI=1S/C20H15Cl2N5OS/c21-14-6-15(22)8-16(7-14)26-18(28)11-29-20-17-9-25-27(19(17)23-12-24-20)10-13-4-2-1-3-5-13/h1-9,12H,10-11H2,(H,26,28). The highest BCUT2D eigenvalue weighted by Gasteiger charge is 2.13. The van der Waals surface area contributed by atoms with E-state index in [9.17, 15) is 4.79 Å². The first kappa shape index (κ1) is 19.7. The maximum atomic E-state index is 12.3. The Hall–Kier alpha value is -2.61. The molecule has 2 aromatic heterocycles. The number of carbonyl (C=O) groups excluding carboxylic acids is 1. The van der Waals surface area contributed by atoms with Crippen LogP contribution in [0.4, 0.5) is 5.69 Å². The number of amides is 1. The maximum absolute atomic E-state index is 12.3. The molecule has 2 heterocycles. The van der Waals surface area contributed by atoms with E-state index < -0.39 is 0 Å². The number of thioether (sulfide) groups is 1. The second-order valence-electron chi connectivity index (χ2n) is 6.20. The van der Waals surface area contributed by atoms with Crippen molar-refractivity contribution in [1.82, 2.24) is 19.7 Å². The number of nitrogens with one attached hydrogen (secondary N) is 1. The van der Waals surface area contributed by atoms with Gasteiger partial charge in [0.2, 0.25) is 5.91 Å². The van der Waals surface area contributed by atoms with E-state index in [1.807, 2.05) is 35.0 Å². The van der Waals surface area contributed by atoms with Gasteiger partial charge in [-0.2, -0.15) is 5.10 Å². The van der Waals surface area contributed by atoms with Gasteiger partial charge in [-0.1, -0.05) is 65.3 Å². The Balaban J connectivity index is 1.46. The maximum Gasteiger partial charge on any atom is 0.234 e. The third kappa shape index (κ3) is 4.87. The molecule has 1 N–H and O–H groups in total. The first-order valence-electron chi connectivity index (χ1n) is 8.68. The van der Waals surface area contributed by atoms with Crippen molar-refractivity contribution in [3.05, 3.63) is 76.7 Å². The summed E-state index contributed by atoms with van der Waals surface area (Å²) in [4.78, 5) is 21.0. The van der Waals surface area contributed by atoms with Crippen molar-refractivity contribution in [2.24, 2.45) is 0 Å². The average Bonchev–Trinajstić information content (AvgIpc) is 3.10. The summed E-state index contributed by atoms with van der Waals surface area (Å²) in [6, 6.07) is 14.9. The molecule has 0 spiro atoms. The van der Waals surface area contributed by atoms with E-state index in [4.69, 9.17) is 23.2 Å². The van der Waals surface area contributed by atoms with Crippen LogP contribution in [-0.2, 0) is 11.3 Å². The predicted octanol–water partition coefficient (Wildman–Crippen LogP) is 4.91. The number of nitrogens with zero attached hydrogens (tertiary/aromatic N) is 4. The van der Waals surface area contributed by atoms with Gasteiger partial charge in [-0.3, -0.25) is 4.79 Å². The van der Waals surface area contributed by atoms with Gasteiger partial charge in [-0.05, 0) is 23.8 Å². The number of benzene rings is 2. The van der Waals surface area contributed by atoms with Crippen LogP contribution in [0.1, 0.15) is 5.56 Å². The van der Waals surface area contributed by atoms with E-state index in [-0.39, 0.29) is 11.7 Å². The summed E-state index contributed by atoms with van der Waals surface area (Å²) < 4.78 is 1.82. The van der Waals surface area contributed by atoms with Gasteiger partial charge in [0, 0.05) is 15.7 Å². The van der Waals surface area contributed by atoms with Crippen molar-refractivity contribution < 1.29 is 4.79 Å². The Morgan fingerprint density at radius 2 is 1.83 bits per heavy atom. The highest BCUT2D eigenvalue weighted by atomic mass is 35.5. The first-order chi connectivity index (χ1) is 14.1. The third-order valence-electron chi connectivity index (χ3n) is 4.06. The Morgan fingerprint density at radius 3 is 2.59 bits per heavy atom. The smallest absolute Gasteiger partial charge is 0.234 e. The van der Waals surface area contributed by atoms with Crippen LogP contribution in [0.3, 0.4) is 0 Å². The summed E-state index contributed by atoms with van der Waals surface area (Å²) >= 11 is 13.3. The molecular formula is C20H15Cl2N5OS. The molecule has 0 aliphatic heterocycles. The Bertz CT molecular complexity index is 1150. The largest absolute Gasteiger partial charge is 0.325 e. The van der Waals surface area contributed by atoms with E-state index in [1.54, 1.807) is 24.4 Å². The molecule has 0 aliphatic carbocycles. The van der Waals surface area contributed by atoms with Gasteiger partial charge < -0.3 is 5.32 Å². The van der Waals surface area contributed by atoms with Crippen LogP contribution in [0.15, 0.2) is 66.1 Å². The molecule has 0 saturated heterocycles. The Kier molecular flexibility index (Phi) is 5.99. The van der Waals surface area contributed by atoms with Crippen molar-refractivity contribution in [1.29, 1.82) is 0 Å². The quantitative estimate of drug-likeness (QED) is 0.338. The number of aromatic nitrogens is 4. The van der Waals surface area contributed by atoms with Crippen LogP contribution in [0.25, 0.3) is 11.0 Å². The molecule has 4 rings (SSSR count). The number of carbonyl (C=O) groups is 1. The second kappa shape index (κ2) is 8.82. The van der Waals surface area contributed by atoms with Crippen LogP contribution in [-0.4, -0.2) is 31.4 Å². The molecule has 1 amide bonds. The molecule has 9 heteroatoms. The summed E-state index contributed by atoms with van der Waals surface area (Å²) in [6.07, 6.45) is 3.22. The molecule has 0 aliphatic rings. The lowest BCUT2D eigenvalue weighted by atomic mass is 10.2. The van der Waals surface area contributed by atoms with E-state index in [2.05, 4.69) is 20.4 Å². The number of hydrogen-bond donors (Lipinski definition) is 1. The van der Waals surface area contributed by atoms with Gasteiger partial charge in [0.1, 0.15) is 11.4 Å². The lowest BCUT2D eigenvalue weighted by molar-refractivity contribution is -0.113. The zero-order chi connectivity index (χ0) is 20.2. The van der Waals surface area contributed by atoms with Crippen LogP contribution in [0.2, 0.25) is 10.0 Å². The fraction of sp³-hybridized carbons (Fsp3) is 0.100. The number of rotatable bonds is 6. The normalized spacial score (nSPS) is 11.0. The van der Waals surface area contributed by atoms with Crippen LogP contribution in [0, 0.1) is 0 Å². The molecule has 0 atom stereocenters. The highest BCUT2D eigenvalue weighted by molar-refractivity contribution is 8.00. The zero-order valence-corrected chi connectivity index (χ0v) is 17.4. The topological polar surface area (TPSA) is 72.7 Å². The number of anilines is 1. The molecule has 146 valence electrons. The minimum atomic E-state index is -0.184. The SMILES string of the molecule is O=C(CSc1ncnc2c1cnn2Cc1ccccc1)Nc1cc(Cl)cc(Cl)c1. The van der Waals surface area contributed by atoms with Crippen LogP contribution < -0.4 is 5.32 Å². The van der Waals surface area contributed by atoms with Gasteiger partial charge in [0.05, 0.1) is 23.9 Å². The summed E-state index contributed by atoms with van der Waals surface area (Å²) in [5.74, 6) is -0.00288. The van der Waals surface area contributed by atoms with Gasteiger partial charge in [-0.25, -0.2) is 14.6 Å².